The summed E-state index contributed by atoms with van der Waals surface area (Å²) in [5, 5.41) is 5.98. The second kappa shape index (κ2) is 5.78. The molecule has 1 unspecified atom stereocenters. The fraction of sp³-hybridized carbons (Fsp3) is 0. The van der Waals surface area contributed by atoms with Crippen LogP contribution in [0.1, 0.15) is 1.43 Å². The summed E-state index contributed by atoms with van der Waals surface area (Å²) in [5.41, 5.74) is 0.444. The van der Waals surface area contributed by atoms with Gasteiger partial charge in [0, 0.05) is 0 Å². The Hall–Kier alpha value is 0.780. The molecule has 0 aliphatic heterocycles. The summed E-state index contributed by atoms with van der Waals surface area (Å²) in [4.78, 5) is 0. The van der Waals surface area contributed by atoms with E-state index >= 15 is 0 Å². The predicted molar refractivity (Wildman–Crippen MR) is 20.7 cm³/mol. The van der Waals surface area contributed by atoms with Gasteiger partial charge >= 0.3 is 29.6 Å². The minimum Gasteiger partial charge on any atom is -1.00 e. The van der Waals surface area contributed by atoms with Gasteiger partial charge in [0.2, 0.25) is 0 Å². The number of nitrogens with one attached hydrogen (secondary N) is 1. The van der Waals surface area contributed by atoms with E-state index in [2.05, 4.69) is 0 Å². The van der Waals surface area contributed by atoms with Crippen molar-refractivity contribution in [3.63, 3.8) is 0 Å². The smallest absolute Gasteiger partial charge is 1.00 e. The summed E-state index contributed by atoms with van der Waals surface area (Å²) in [6, 6.07) is 0. The molecule has 0 saturated carbocycles. The van der Waals surface area contributed by atoms with Crippen molar-refractivity contribution in [2.24, 2.45) is 0 Å². The third kappa shape index (κ3) is 8.84. The second-order valence-electron chi connectivity index (χ2n) is 0.394. The first-order valence-electron chi connectivity index (χ1n) is 0.874. The molecular formula is CH4NNaO2S. The molecule has 0 heterocycles. The summed E-state index contributed by atoms with van der Waals surface area (Å²) >= 11 is -2.03. The van der Waals surface area contributed by atoms with Crippen molar-refractivity contribution in [3.8, 4) is 0 Å². The van der Waals surface area contributed by atoms with Gasteiger partial charge in [-0.3, -0.25) is 5.41 Å². The van der Waals surface area contributed by atoms with Gasteiger partial charge in [-0.15, -0.1) is 0 Å². The van der Waals surface area contributed by atoms with E-state index in [9.17, 15) is 4.21 Å². The molecule has 1 atom stereocenters. The molecular weight excluding hydrogens is 113 g/mol. The van der Waals surface area contributed by atoms with Crippen LogP contribution < -0.4 is 29.6 Å². The first-order chi connectivity index (χ1) is 2.27. The van der Waals surface area contributed by atoms with Crippen molar-refractivity contribution in [3.05, 3.63) is 0 Å². The molecule has 2 N–H and O–H groups in total. The van der Waals surface area contributed by atoms with Crippen LogP contribution in [0.15, 0.2) is 0 Å². The number of rotatable bonds is 1. The summed E-state index contributed by atoms with van der Waals surface area (Å²) < 4.78 is 16.8. The van der Waals surface area contributed by atoms with Crippen LogP contribution >= 0.6 is 0 Å². The first-order valence-corrected chi connectivity index (χ1v) is 2.04. The van der Waals surface area contributed by atoms with Crippen LogP contribution in [-0.2, 0) is 11.1 Å². The zero-order valence-electron chi connectivity index (χ0n) is 4.34. The summed E-state index contributed by atoms with van der Waals surface area (Å²) in [6.45, 7) is 0. The van der Waals surface area contributed by atoms with Crippen molar-refractivity contribution in [1.29, 1.82) is 5.41 Å². The van der Waals surface area contributed by atoms with Crippen LogP contribution in [0.4, 0.5) is 0 Å². The van der Waals surface area contributed by atoms with E-state index in [1.54, 1.807) is 0 Å². The molecule has 0 amide bonds. The monoisotopic (exact) mass is 117 g/mol. The predicted octanol–water partition coefficient (Wildman–Crippen LogP) is -3.07. The quantitative estimate of drug-likeness (QED) is 0.166. The Labute approximate surface area is 61.7 Å². The standard InChI is InChI=1S/CH3NO2S.Na.H/c2-1-5(3)4;;/h1-2H,(H,3,4);;/q;+1;-1. The molecule has 0 radical (unpaired) electrons. The SMILES string of the molecule is N=CS(=O)O.[H-].[Na+]. The molecule has 0 aliphatic rings. The Balaban J connectivity index is -0.0000000800. The van der Waals surface area contributed by atoms with Crippen LogP contribution in [0.2, 0.25) is 0 Å². The first kappa shape index (κ1) is 9.91. The molecule has 0 aromatic heterocycles. The van der Waals surface area contributed by atoms with Crippen molar-refractivity contribution in [1.82, 2.24) is 0 Å². The maximum atomic E-state index is 9.24. The van der Waals surface area contributed by atoms with Gasteiger partial charge in [-0.05, 0) is 0 Å². The van der Waals surface area contributed by atoms with Gasteiger partial charge in [0.25, 0.3) is 0 Å². The molecule has 5 heteroatoms. The minimum atomic E-state index is -2.03. The fourth-order valence-electron chi connectivity index (χ4n) is 0. The van der Waals surface area contributed by atoms with Gasteiger partial charge in [0.1, 0.15) is 5.55 Å². The summed E-state index contributed by atoms with van der Waals surface area (Å²) in [5.74, 6) is 0. The van der Waals surface area contributed by atoms with Crippen LogP contribution in [0, 0.1) is 5.41 Å². The van der Waals surface area contributed by atoms with Gasteiger partial charge in [-0.25, -0.2) is 4.21 Å². The largest absolute Gasteiger partial charge is 1.00 e. The summed E-state index contributed by atoms with van der Waals surface area (Å²) in [6.07, 6.45) is 0. The van der Waals surface area contributed by atoms with Gasteiger partial charge in [-0.1, -0.05) is 0 Å². The van der Waals surface area contributed by atoms with E-state index in [0.29, 0.717) is 5.55 Å². The van der Waals surface area contributed by atoms with Crippen molar-refractivity contribution in [2.75, 3.05) is 0 Å². The molecule has 0 saturated heterocycles. The van der Waals surface area contributed by atoms with E-state index in [1.165, 1.54) is 0 Å². The van der Waals surface area contributed by atoms with Crippen LogP contribution in [-0.4, -0.2) is 14.3 Å². The van der Waals surface area contributed by atoms with Crippen molar-refractivity contribution >= 4 is 16.6 Å². The van der Waals surface area contributed by atoms with Gasteiger partial charge < -0.3 is 5.98 Å². The van der Waals surface area contributed by atoms with E-state index in [4.69, 9.17) is 9.96 Å². The average molecular weight is 117 g/mol. The van der Waals surface area contributed by atoms with Crippen LogP contribution in [0.5, 0.6) is 0 Å². The van der Waals surface area contributed by atoms with Crippen molar-refractivity contribution < 1.29 is 39.7 Å². The zero-order valence-corrected chi connectivity index (χ0v) is 6.16. The maximum Gasteiger partial charge on any atom is 1.00 e. The van der Waals surface area contributed by atoms with E-state index in [1.807, 2.05) is 0 Å². The molecule has 0 bridgehead atoms. The molecule has 0 rings (SSSR count). The van der Waals surface area contributed by atoms with E-state index in [-0.39, 0.29) is 31.0 Å². The molecule has 0 aromatic carbocycles. The Morgan fingerprint density at radius 1 is 2.00 bits per heavy atom. The van der Waals surface area contributed by atoms with Crippen LogP contribution in [0.25, 0.3) is 0 Å². The van der Waals surface area contributed by atoms with Gasteiger partial charge in [0.15, 0.2) is 11.1 Å². The molecule has 6 heavy (non-hydrogen) atoms. The molecule has 0 spiro atoms. The molecule has 32 valence electrons. The topological polar surface area (TPSA) is 61.2 Å². The maximum absolute atomic E-state index is 9.24. The Morgan fingerprint density at radius 2 is 2.17 bits per heavy atom. The van der Waals surface area contributed by atoms with Crippen molar-refractivity contribution in [2.45, 2.75) is 0 Å². The fourth-order valence-corrected chi connectivity index (χ4v) is 0. The van der Waals surface area contributed by atoms with Gasteiger partial charge in [-0.2, -0.15) is 0 Å². The van der Waals surface area contributed by atoms with E-state index in [0.717, 1.165) is 0 Å². The Kier molecular flexibility index (Phi) is 9.55. The number of hydrogen-bond acceptors (Lipinski definition) is 2. The Morgan fingerprint density at radius 3 is 2.17 bits per heavy atom. The van der Waals surface area contributed by atoms with Gasteiger partial charge in [0.05, 0.1) is 0 Å². The Bertz CT molecular complexity index is 68.7. The second-order valence-corrected chi connectivity index (χ2v) is 1.18. The third-order valence-electron chi connectivity index (χ3n) is 0.101. The average Bonchev–Trinajstić information content (AvgIpc) is 1.38. The van der Waals surface area contributed by atoms with E-state index < -0.39 is 11.1 Å². The third-order valence-corrected chi connectivity index (χ3v) is 0.302. The molecule has 0 fully saturated rings. The molecule has 3 nitrogen and oxygen atoms in total. The molecule has 0 aromatic rings. The zero-order chi connectivity index (χ0) is 4.28. The van der Waals surface area contributed by atoms with Crippen LogP contribution in [0.3, 0.4) is 0 Å². The number of hydrogen-bond donors (Lipinski definition) is 2. The summed E-state index contributed by atoms with van der Waals surface area (Å²) in [7, 11) is 0. The normalized spacial score (nSPS) is 11.5. The molecule has 0 aliphatic carbocycles. The minimum absolute atomic E-state index is 0.